The average molecular weight is 209 g/mol. The van der Waals surface area contributed by atoms with E-state index in [-0.39, 0.29) is 5.28 Å². The molecule has 0 atom stereocenters. The fraction of sp³-hybridized carbons (Fsp3) is 0.200. The van der Waals surface area contributed by atoms with Crippen LogP contribution in [-0.4, -0.2) is 17.1 Å². The van der Waals surface area contributed by atoms with Gasteiger partial charge in [-0.05, 0) is 36.2 Å². The molecule has 0 aliphatic carbocycles. The minimum Gasteiger partial charge on any atom is -0.494 e. The van der Waals surface area contributed by atoms with E-state index in [0.29, 0.717) is 0 Å². The van der Waals surface area contributed by atoms with Crippen LogP contribution in [0.15, 0.2) is 18.3 Å². The molecular weight excluding hydrogens is 200 g/mol. The molecule has 3 nitrogen and oxygen atoms in total. The Morgan fingerprint density at radius 2 is 2.14 bits per heavy atom. The highest BCUT2D eigenvalue weighted by molar-refractivity contribution is 6.28. The van der Waals surface area contributed by atoms with Gasteiger partial charge in [-0.1, -0.05) is 0 Å². The van der Waals surface area contributed by atoms with Gasteiger partial charge in [0.2, 0.25) is 5.28 Å². The average Bonchev–Trinajstić information content (AvgIpc) is 2.17. The number of aryl methyl sites for hydroxylation is 1. The van der Waals surface area contributed by atoms with Gasteiger partial charge in [0.05, 0.1) is 7.11 Å². The zero-order valence-corrected chi connectivity index (χ0v) is 8.67. The van der Waals surface area contributed by atoms with E-state index in [0.717, 1.165) is 22.2 Å². The van der Waals surface area contributed by atoms with E-state index in [1.54, 1.807) is 13.3 Å². The first-order valence-corrected chi connectivity index (χ1v) is 4.55. The molecule has 4 heteroatoms. The number of benzene rings is 1. The molecule has 0 saturated heterocycles. The Morgan fingerprint density at radius 1 is 1.36 bits per heavy atom. The van der Waals surface area contributed by atoms with Gasteiger partial charge in [0.15, 0.2) is 0 Å². The summed E-state index contributed by atoms with van der Waals surface area (Å²) >= 11 is 5.71. The van der Waals surface area contributed by atoms with E-state index in [9.17, 15) is 0 Å². The van der Waals surface area contributed by atoms with Gasteiger partial charge < -0.3 is 4.74 Å². The van der Waals surface area contributed by atoms with Crippen LogP contribution in [0.1, 0.15) is 5.56 Å². The molecule has 2 aromatic rings. The molecule has 1 aromatic heterocycles. The van der Waals surface area contributed by atoms with Crippen LogP contribution in [0.2, 0.25) is 5.28 Å². The highest BCUT2D eigenvalue weighted by Gasteiger charge is 2.05. The van der Waals surface area contributed by atoms with Crippen LogP contribution < -0.4 is 4.74 Å². The van der Waals surface area contributed by atoms with Crippen molar-refractivity contribution < 1.29 is 4.74 Å². The summed E-state index contributed by atoms with van der Waals surface area (Å²) in [7, 11) is 1.62. The van der Waals surface area contributed by atoms with Crippen molar-refractivity contribution in [2.24, 2.45) is 0 Å². The lowest BCUT2D eigenvalue weighted by atomic mass is 10.1. The van der Waals surface area contributed by atoms with E-state index in [1.807, 2.05) is 19.1 Å². The van der Waals surface area contributed by atoms with Gasteiger partial charge in [-0.3, -0.25) is 0 Å². The largest absolute Gasteiger partial charge is 0.494 e. The Balaban J connectivity index is 2.81. The topological polar surface area (TPSA) is 35.0 Å². The standard InChI is InChI=1S/C10H9ClN2O/c1-6-3-7-5-12-10(11)13-9(7)8(4-6)14-2/h3-5H,1-2H3. The summed E-state index contributed by atoms with van der Waals surface area (Å²) in [6.07, 6.45) is 1.69. The van der Waals surface area contributed by atoms with E-state index in [2.05, 4.69) is 9.97 Å². The third-order valence-corrected chi connectivity index (χ3v) is 2.17. The highest BCUT2D eigenvalue weighted by atomic mass is 35.5. The van der Waals surface area contributed by atoms with E-state index in [1.165, 1.54) is 0 Å². The van der Waals surface area contributed by atoms with Gasteiger partial charge in [0.1, 0.15) is 11.3 Å². The molecule has 0 fully saturated rings. The second-order valence-electron chi connectivity index (χ2n) is 3.04. The van der Waals surface area contributed by atoms with Crippen molar-refractivity contribution in [3.63, 3.8) is 0 Å². The van der Waals surface area contributed by atoms with E-state index in [4.69, 9.17) is 16.3 Å². The zero-order valence-electron chi connectivity index (χ0n) is 7.91. The maximum Gasteiger partial charge on any atom is 0.223 e. The summed E-state index contributed by atoms with van der Waals surface area (Å²) in [6.45, 7) is 2.00. The molecule has 0 aliphatic rings. The molecule has 0 radical (unpaired) electrons. The summed E-state index contributed by atoms with van der Waals surface area (Å²) in [5, 5.41) is 1.17. The Kier molecular flexibility index (Phi) is 2.25. The minimum absolute atomic E-state index is 0.236. The van der Waals surface area contributed by atoms with Crippen molar-refractivity contribution >= 4 is 22.5 Å². The van der Waals surface area contributed by atoms with Crippen LogP contribution in [0.4, 0.5) is 0 Å². The lowest BCUT2D eigenvalue weighted by molar-refractivity contribution is 0.418. The fourth-order valence-corrected chi connectivity index (χ4v) is 1.52. The molecule has 72 valence electrons. The summed E-state index contributed by atoms with van der Waals surface area (Å²) in [5.41, 5.74) is 1.86. The molecule has 1 aromatic carbocycles. The van der Waals surface area contributed by atoms with Crippen molar-refractivity contribution in [1.29, 1.82) is 0 Å². The van der Waals surface area contributed by atoms with Gasteiger partial charge in [-0.15, -0.1) is 0 Å². The molecule has 0 spiro atoms. The molecule has 0 amide bonds. The SMILES string of the molecule is COc1cc(C)cc2cnc(Cl)nc12. The third kappa shape index (κ3) is 1.51. The van der Waals surface area contributed by atoms with Gasteiger partial charge in [-0.25, -0.2) is 9.97 Å². The monoisotopic (exact) mass is 208 g/mol. The Hall–Kier alpha value is -1.35. The Labute approximate surface area is 86.7 Å². The first-order chi connectivity index (χ1) is 6.70. The molecule has 14 heavy (non-hydrogen) atoms. The van der Waals surface area contributed by atoms with E-state index >= 15 is 0 Å². The second kappa shape index (κ2) is 3.42. The lowest BCUT2D eigenvalue weighted by Crippen LogP contribution is -1.91. The number of methoxy groups -OCH3 is 1. The normalized spacial score (nSPS) is 10.5. The molecular formula is C10H9ClN2O. The van der Waals surface area contributed by atoms with Crippen molar-refractivity contribution in [2.45, 2.75) is 6.92 Å². The molecule has 0 saturated carbocycles. The van der Waals surface area contributed by atoms with Gasteiger partial charge in [-0.2, -0.15) is 0 Å². The number of rotatable bonds is 1. The first-order valence-electron chi connectivity index (χ1n) is 4.17. The van der Waals surface area contributed by atoms with Crippen molar-refractivity contribution in [1.82, 2.24) is 9.97 Å². The van der Waals surface area contributed by atoms with E-state index < -0.39 is 0 Å². The van der Waals surface area contributed by atoms with Crippen LogP contribution in [-0.2, 0) is 0 Å². The summed E-state index contributed by atoms with van der Waals surface area (Å²) < 4.78 is 5.21. The number of halogens is 1. The number of ether oxygens (including phenoxy) is 1. The van der Waals surface area contributed by atoms with Crippen LogP contribution in [0, 0.1) is 6.92 Å². The number of hydrogen-bond donors (Lipinski definition) is 0. The first kappa shape index (κ1) is 9.21. The molecule has 0 unspecified atom stereocenters. The maximum absolute atomic E-state index is 5.71. The second-order valence-corrected chi connectivity index (χ2v) is 3.38. The fourth-order valence-electron chi connectivity index (χ4n) is 1.39. The molecule has 0 bridgehead atoms. The lowest BCUT2D eigenvalue weighted by Gasteiger charge is -2.05. The van der Waals surface area contributed by atoms with Crippen molar-refractivity contribution in [3.8, 4) is 5.75 Å². The van der Waals surface area contributed by atoms with Crippen molar-refractivity contribution in [2.75, 3.05) is 7.11 Å². The van der Waals surface area contributed by atoms with Crippen LogP contribution in [0.5, 0.6) is 5.75 Å². The highest BCUT2D eigenvalue weighted by Crippen LogP contribution is 2.25. The number of aromatic nitrogens is 2. The van der Waals surface area contributed by atoms with Crippen LogP contribution in [0.25, 0.3) is 10.9 Å². The van der Waals surface area contributed by atoms with Crippen molar-refractivity contribution in [3.05, 3.63) is 29.2 Å². The number of hydrogen-bond acceptors (Lipinski definition) is 3. The van der Waals surface area contributed by atoms with Gasteiger partial charge >= 0.3 is 0 Å². The van der Waals surface area contributed by atoms with Gasteiger partial charge in [0.25, 0.3) is 0 Å². The number of fused-ring (bicyclic) bond motifs is 1. The predicted molar refractivity (Wildman–Crippen MR) is 55.8 cm³/mol. The molecule has 0 aliphatic heterocycles. The third-order valence-electron chi connectivity index (χ3n) is 1.98. The zero-order chi connectivity index (χ0) is 10.1. The van der Waals surface area contributed by atoms with Gasteiger partial charge in [0, 0.05) is 11.6 Å². The summed E-state index contributed by atoms with van der Waals surface area (Å²) in [4.78, 5) is 8.04. The Morgan fingerprint density at radius 3 is 2.86 bits per heavy atom. The Bertz CT molecular complexity index is 485. The minimum atomic E-state index is 0.236. The smallest absolute Gasteiger partial charge is 0.223 e. The quantitative estimate of drug-likeness (QED) is 0.676. The summed E-state index contributed by atoms with van der Waals surface area (Å²) in [6, 6.07) is 3.92. The molecule has 2 rings (SSSR count). The predicted octanol–water partition coefficient (Wildman–Crippen LogP) is 2.60. The molecule has 1 heterocycles. The molecule has 0 N–H and O–H groups in total. The summed E-state index contributed by atoms with van der Waals surface area (Å²) in [5.74, 6) is 0.726. The van der Waals surface area contributed by atoms with Crippen LogP contribution in [0.3, 0.4) is 0 Å². The van der Waals surface area contributed by atoms with Crippen LogP contribution >= 0.6 is 11.6 Å². The number of nitrogens with zero attached hydrogens (tertiary/aromatic N) is 2. The maximum atomic E-state index is 5.71.